The van der Waals surface area contributed by atoms with Crippen molar-refractivity contribution in [2.45, 2.75) is 17.8 Å². The third kappa shape index (κ3) is 4.52. The Morgan fingerprint density at radius 2 is 1.83 bits per heavy atom. The zero-order chi connectivity index (χ0) is 20.2. The number of aromatic nitrogens is 4. The average Bonchev–Trinajstić information content (AvgIpc) is 3.22. The molecule has 6 nitrogen and oxygen atoms in total. The Balaban J connectivity index is 1.68. The number of benzene rings is 2. The molecule has 2 aromatic heterocycles. The van der Waals surface area contributed by atoms with Crippen LogP contribution in [0.2, 0.25) is 5.02 Å². The Kier molecular flexibility index (Phi) is 5.69. The molecule has 0 saturated heterocycles. The summed E-state index contributed by atoms with van der Waals surface area (Å²) in [5.41, 5.74) is 2.72. The molecule has 8 heteroatoms. The van der Waals surface area contributed by atoms with E-state index in [0.29, 0.717) is 21.6 Å². The van der Waals surface area contributed by atoms with Crippen molar-refractivity contribution in [2.24, 2.45) is 0 Å². The third-order valence-electron chi connectivity index (χ3n) is 4.17. The van der Waals surface area contributed by atoms with Crippen molar-refractivity contribution in [2.75, 3.05) is 5.32 Å². The van der Waals surface area contributed by atoms with Gasteiger partial charge in [0.1, 0.15) is 0 Å². The SMILES string of the molecule is Cc1cccc(CSc2nnc(Nc3cccc(Cl)c3)c(=O)n2-n2cccc2)c1. The van der Waals surface area contributed by atoms with Gasteiger partial charge in [0.25, 0.3) is 0 Å². The molecule has 0 aliphatic heterocycles. The minimum absolute atomic E-state index is 0.126. The summed E-state index contributed by atoms with van der Waals surface area (Å²) in [4.78, 5) is 13.2. The van der Waals surface area contributed by atoms with Gasteiger partial charge < -0.3 is 5.32 Å². The Bertz CT molecular complexity index is 1190. The van der Waals surface area contributed by atoms with Gasteiger partial charge in [0.05, 0.1) is 0 Å². The van der Waals surface area contributed by atoms with Crippen LogP contribution in [0, 0.1) is 6.92 Å². The maximum absolute atomic E-state index is 13.2. The summed E-state index contributed by atoms with van der Waals surface area (Å²) in [6.07, 6.45) is 3.59. The van der Waals surface area contributed by atoms with Gasteiger partial charge in [-0.05, 0) is 42.8 Å². The fraction of sp³-hybridized carbons (Fsp3) is 0.0952. The third-order valence-corrected chi connectivity index (χ3v) is 5.39. The molecular formula is C21H18ClN5OS. The van der Waals surface area contributed by atoms with Gasteiger partial charge in [-0.1, -0.05) is 59.3 Å². The number of halogens is 1. The first-order valence-corrected chi connectivity index (χ1v) is 10.3. The van der Waals surface area contributed by atoms with Gasteiger partial charge in [0.2, 0.25) is 11.0 Å². The maximum atomic E-state index is 13.2. The van der Waals surface area contributed by atoms with Crippen LogP contribution in [0.25, 0.3) is 0 Å². The van der Waals surface area contributed by atoms with Crippen LogP contribution in [0.15, 0.2) is 83.0 Å². The molecule has 146 valence electrons. The number of hydrogen-bond donors (Lipinski definition) is 1. The van der Waals surface area contributed by atoms with E-state index in [-0.39, 0.29) is 11.4 Å². The van der Waals surface area contributed by atoms with Gasteiger partial charge >= 0.3 is 5.56 Å². The second-order valence-corrected chi connectivity index (χ2v) is 7.80. The highest BCUT2D eigenvalue weighted by molar-refractivity contribution is 7.98. The summed E-state index contributed by atoms with van der Waals surface area (Å²) in [5.74, 6) is 0.805. The Labute approximate surface area is 177 Å². The van der Waals surface area contributed by atoms with Crippen LogP contribution in [0.4, 0.5) is 11.5 Å². The summed E-state index contributed by atoms with van der Waals surface area (Å²) in [5, 5.41) is 12.5. The van der Waals surface area contributed by atoms with E-state index in [1.54, 1.807) is 35.3 Å². The number of nitrogens with one attached hydrogen (secondary N) is 1. The normalized spacial score (nSPS) is 10.8. The first-order chi connectivity index (χ1) is 14.1. The van der Waals surface area contributed by atoms with Crippen molar-refractivity contribution in [3.05, 3.63) is 99.6 Å². The Morgan fingerprint density at radius 1 is 1.03 bits per heavy atom. The van der Waals surface area contributed by atoms with E-state index < -0.39 is 0 Å². The van der Waals surface area contributed by atoms with Crippen molar-refractivity contribution in [1.82, 2.24) is 19.5 Å². The number of aryl methyl sites for hydroxylation is 1. The topological polar surface area (TPSA) is 64.7 Å². The molecule has 0 radical (unpaired) electrons. The van der Waals surface area contributed by atoms with Crippen LogP contribution < -0.4 is 10.9 Å². The molecule has 4 aromatic rings. The second-order valence-electron chi connectivity index (χ2n) is 6.42. The molecule has 0 spiro atoms. The highest BCUT2D eigenvalue weighted by atomic mass is 35.5. The molecule has 0 aliphatic carbocycles. The van der Waals surface area contributed by atoms with E-state index in [9.17, 15) is 4.79 Å². The summed E-state index contributed by atoms with van der Waals surface area (Å²) in [6, 6.07) is 19.1. The lowest BCUT2D eigenvalue weighted by Gasteiger charge is -2.14. The predicted molar refractivity (Wildman–Crippen MR) is 117 cm³/mol. The van der Waals surface area contributed by atoms with Crippen LogP contribution >= 0.6 is 23.4 Å². The minimum Gasteiger partial charge on any atom is -0.334 e. The molecule has 29 heavy (non-hydrogen) atoms. The molecule has 0 amide bonds. The van der Waals surface area contributed by atoms with Crippen LogP contribution in [0.1, 0.15) is 11.1 Å². The molecule has 0 bridgehead atoms. The average molecular weight is 424 g/mol. The molecule has 0 fully saturated rings. The number of nitrogens with zero attached hydrogens (tertiary/aromatic N) is 4. The number of rotatable bonds is 6. The van der Waals surface area contributed by atoms with Gasteiger partial charge in [-0.3, -0.25) is 9.47 Å². The van der Waals surface area contributed by atoms with E-state index in [1.807, 2.05) is 24.3 Å². The van der Waals surface area contributed by atoms with E-state index in [2.05, 4.69) is 40.6 Å². The predicted octanol–water partition coefficient (Wildman–Crippen LogP) is 4.75. The molecule has 0 atom stereocenters. The van der Waals surface area contributed by atoms with E-state index in [0.717, 1.165) is 5.56 Å². The second kappa shape index (κ2) is 8.55. The van der Waals surface area contributed by atoms with Gasteiger partial charge in [-0.2, -0.15) is 4.68 Å². The maximum Gasteiger partial charge on any atom is 0.316 e. The van der Waals surface area contributed by atoms with E-state index >= 15 is 0 Å². The first-order valence-electron chi connectivity index (χ1n) is 8.94. The highest BCUT2D eigenvalue weighted by Crippen LogP contribution is 2.22. The van der Waals surface area contributed by atoms with Crippen molar-refractivity contribution < 1.29 is 0 Å². The number of hydrogen-bond acceptors (Lipinski definition) is 5. The number of thioether (sulfide) groups is 1. The van der Waals surface area contributed by atoms with Crippen molar-refractivity contribution in [3.63, 3.8) is 0 Å². The Morgan fingerprint density at radius 3 is 2.59 bits per heavy atom. The van der Waals surface area contributed by atoms with Crippen LogP contribution in [0.5, 0.6) is 0 Å². The molecule has 2 aromatic carbocycles. The lowest BCUT2D eigenvalue weighted by atomic mass is 10.2. The zero-order valence-corrected chi connectivity index (χ0v) is 17.2. The van der Waals surface area contributed by atoms with Crippen molar-refractivity contribution in [3.8, 4) is 0 Å². The fourth-order valence-corrected chi connectivity index (χ4v) is 3.91. The lowest BCUT2D eigenvalue weighted by Crippen LogP contribution is -2.30. The van der Waals surface area contributed by atoms with Crippen molar-refractivity contribution in [1.29, 1.82) is 0 Å². The van der Waals surface area contributed by atoms with Gasteiger partial charge in [-0.15, -0.1) is 10.2 Å². The Hall–Kier alpha value is -3.03. The first kappa shape index (κ1) is 19.3. The van der Waals surface area contributed by atoms with Crippen molar-refractivity contribution >= 4 is 34.9 Å². The van der Waals surface area contributed by atoms with E-state index in [4.69, 9.17) is 11.6 Å². The van der Waals surface area contributed by atoms with E-state index in [1.165, 1.54) is 22.0 Å². The molecule has 2 heterocycles. The number of anilines is 2. The quantitative estimate of drug-likeness (QED) is 0.453. The summed E-state index contributed by atoms with van der Waals surface area (Å²) in [6.45, 7) is 2.06. The molecular weight excluding hydrogens is 406 g/mol. The zero-order valence-electron chi connectivity index (χ0n) is 15.6. The van der Waals surface area contributed by atoms with Crippen LogP contribution in [0.3, 0.4) is 0 Å². The molecule has 0 saturated carbocycles. The lowest BCUT2D eigenvalue weighted by molar-refractivity contribution is 0.533. The molecule has 1 N–H and O–H groups in total. The summed E-state index contributed by atoms with van der Waals surface area (Å²) in [7, 11) is 0. The molecule has 0 aliphatic rings. The largest absolute Gasteiger partial charge is 0.334 e. The fourth-order valence-electron chi connectivity index (χ4n) is 2.85. The van der Waals surface area contributed by atoms with Gasteiger partial charge in [-0.25, -0.2) is 0 Å². The monoisotopic (exact) mass is 423 g/mol. The molecule has 4 rings (SSSR count). The summed E-state index contributed by atoms with van der Waals surface area (Å²) >= 11 is 7.49. The highest BCUT2D eigenvalue weighted by Gasteiger charge is 2.14. The van der Waals surface area contributed by atoms with Gasteiger partial charge in [0.15, 0.2) is 0 Å². The summed E-state index contributed by atoms with van der Waals surface area (Å²) < 4.78 is 3.19. The van der Waals surface area contributed by atoms with Crippen LogP contribution in [-0.4, -0.2) is 19.5 Å². The standard InChI is InChI=1S/C21H18ClN5OS/c1-15-6-4-7-16(12-15)14-29-21-25-24-19(23-18-9-5-8-17(22)13-18)20(28)27(21)26-10-2-3-11-26/h2-13H,14H2,1H3,(H,23,24). The van der Waals surface area contributed by atoms with Gasteiger partial charge in [0, 0.05) is 28.9 Å². The molecule has 0 unspecified atom stereocenters. The smallest absolute Gasteiger partial charge is 0.316 e. The van der Waals surface area contributed by atoms with Crippen LogP contribution in [-0.2, 0) is 5.75 Å². The minimum atomic E-state index is -0.303.